The Bertz CT molecular complexity index is 1010. The number of aryl methyl sites for hydroxylation is 1. The lowest BCUT2D eigenvalue weighted by molar-refractivity contribution is -0.117. The largest absolute Gasteiger partial charge is 0.324 e. The van der Waals surface area contributed by atoms with Gasteiger partial charge in [-0.2, -0.15) is 0 Å². The van der Waals surface area contributed by atoms with Crippen molar-refractivity contribution in [3.63, 3.8) is 0 Å². The molecule has 0 bridgehead atoms. The summed E-state index contributed by atoms with van der Waals surface area (Å²) in [5.41, 5.74) is 3.90. The van der Waals surface area contributed by atoms with Crippen LogP contribution in [0.4, 0.5) is 5.69 Å². The van der Waals surface area contributed by atoms with E-state index in [1.54, 1.807) is 0 Å². The average molecular weight is 366 g/mol. The quantitative estimate of drug-likeness (QED) is 0.628. The lowest BCUT2D eigenvalue weighted by atomic mass is 10.1. The zero-order chi connectivity index (χ0) is 18.3. The molecule has 2 aromatic carbocycles. The van der Waals surface area contributed by atoms with Crippen molar-refractivity contribution in [2.75, 3.05) is 11.4 Å². The van der Waals surface area contributed by atoms with Gasteiger partial charge in [0, 0.05) is 36.1 Å². The SMILES string of the molecule is C=CCn1c([C@H]2CC(=O)N(c3ccc(Cl)c(C)c3)C2)nc2ccccc21. The summed E-state index contributed by atoms with van der Waals surface area (Å²) in [6.45, 7) is 7.13. The van der Waals surface area contributed by atoms with Crippen molar-refractivity contribution in [3.05, 3.63) is 71.5 Å². The van der Waals surface area contributed by atoms with Crippen LogP contribution in [0.3, 0.4) is 0 Å². The molecular weight excluding hydrogens is 346 g/mol. The molecule has 0 spiro atoms. The minimum Gasteiger partial charge on any atom is -0.324 e. The molecule has 1 aliphatic rings. The van der Waals surface area contributed by atoms with Crippen molar-refractivity contribution < 1.29 is 4.79 Å². The van der Waals surface area contributed by atoms with Crippen LogP contribution in [0.2, 0.25) is 5.02 Å². The molecule has 1 fully saturated rings. The molecule has 1 amide bonds. The lowest BCUT2D eigenvalue weighted by Crippen LogP contribution is -2.24. The minimum absolute atomic E-state index is 0.0610. The van der Waals surface area contributed by atoms with Gasteiger partial charge in [0.15, 0.2) is 0 Å². The molecule has 3 aromatic rings. The Morgan fingerprint density at radius 1 is 1.31 bits per heavy atom. The van der Waals surface area contributed by atoms with Gasteiger partial charge in [0.1, 0.15) is 5.82 Å². The van der Waals surface area contributed by atoms with Gasteiger partial charge in [0.2, 0.25) is 5.91 Å². The summed E-state index contributed by atoms with van der Waals surface area (Å²) in [6.07, 6.45) is 2.33. The van der Waals surface area contributed by atoms with Gasteiger partial charge in [-0.05, 0) is 42.8 Å². The number of imidazole rings is 1. The Kier molecular flexibility index (Phi) is 4.29. The molecular formula is C21H20ClN3O. The fraction of sp³-hybridized carbons (Fsp3) is 0.238. The van der Waals surface area contributed by atoms with Crippen molar-refractivity contribution in [1.29, 1.82) is 0 Å². The first-order valence-electron chi connectivity index (χ1n) is 8.71. The van der Waals surface area contributed by atoms with E-state index in [2.05, 4.69) is 17.2 Å². The maximum absolute atomic E-state index is 12.7. The average Bonchev–Trinajstić information content (AvgIpc) is 3.19. The summed E-state index contributed by atoms with van der Waals surface area (Å²) in [4.78, 5) is 19.3. The number of halogens is 1. The lowest BCUT2D eigenvalue weighted by Gasteiger charge is -2.18. The van der Waals surface area contributed by atoms with Gasteiger partial charge in [0.05, 0.1) is 11.0 Å². The van der Waals surface area contributed by atoms with E-state index < -0.39 is 0 Å². The topological polar surface area (TPSA) is 38.1 Å². The number of hydrogen-bond donors (Lipinski definition) is 0. The third-order valence-electron chi connectivity index (χ3n) is 4.94. The molecule has 1 saturated heterocycles. The number of nitrogens with zero attached hydrogens (tertiary/aromatic N) is 3. The molecule has 1 atom stereocenters. The van der Waals surface area contributed by atoms with Crippen LogP contribution in [0, 0.1) is 6.92 Å². The van der Waals surface area contributed by atoms with E-state index in [1.165, 1.54) is 0 Å². The molecule has 4 nitrogen and oxygen atoms in total. The monoisotopic (exact) mass is 365 g/mol. The summed E-state index contributed by atoms with van der Waals surface area (Å²) < 4.78 is 2.16. The fourth-order valence-corrected chi connectivity index (χ4v) is 3.77. The van der Waals surface area contributed by atoms with Crippen LogP contribution in [-0.4, -0.2) is 22.0 Å². The number of amides is 1. The van der Waals surface area contributed by atoms with E-state index in [-0.39, 0.29) is 11.8 Å². The van der Waals surface area contributed by atoms with Crippen LogP contribution in [0.25, 0.3) is 11.0 Å². The zero-order valence-corrected chi connectivity index (χ0v) is 15.4. The summed E-state index contributed by atoms with van der Waals surface area (Å²) in [7, 11) is 0. The Hall–Kier alpha value is -2.59. The van der Waals surface area contributed by atoms with Gasteiger partial charge in [-0.25, -0.2) is 4.98 Å². The van der Waals surface area contributed by atoms with E-state index >= 15 is 0 Å². The Morgan fingerprint density at radius 3 is 2.88 bits per heavy atom. The second-order valence-electron chi connectivity index (χ2n) is 6.70. The highest BCUT2D eigenvalue weighted by Gasteiger charge is 2.34. The van der Waals surface area contributed by atoms with Crippen molar-refractivity contribution >= 4 is 34.2 Å². The van der Waals surface area contributed by atoms with Gasteiger partial charge in [0.25, 0.3) is 0 Å². The highest BCUT2D eigenvalue weighted by molar-refractivity contribution is 6.31. The number of para-hydroxylation sites is 2. The van der Waals surface area contributed by atoms with E-state index in [4.69, 9.17) is 16.6 Å². The molecule has 5 heteroatoms. The molecule has 132 valence electrons. The van der Waals surface area contributed by atoms with Crippen molar-refractivity contribution in [3.8, 4) is 0 Å². The third kappa shape index (κ3) is 2.80. The first-order valence-corrected chi connectivity index (χ1v) is 9.09. The summed E-state index contributed by atoms with van der Waals surface area (Å²) in [5.74, 6) is 1.13. The maximum Gasteiger partial charge on any atom is 0.227 e. The van der Waals surface area contributed by atoms with Crippen molar-refractivity contribution in [2.45, 2.75) is 25.8 Å². The van der Waals surface area contributed by atoms with Gasteiger partial charge < -0.3 is 9.47 Å². The van der Waals surface area contributed by atoms with Crippen molar-refractivity contribution in [2.24, 2.45) is 0 Å². The number of carbonyl (C=O) groups excluding carboxylic acids is 1. The summed E-state index contributed by atoms with van der Waals surface area (Å²) in [5, 5.41) is 0.713. The standard InChI is InChI=1S/C21H20ClN3O/c1-3-10-24-19-7-5-4-6-18(19)23-21(24)15-12-20(26)25(13-15)16-8-9-17(22)14(2)11-16/h3-9,11,15H,1,10,12-13H2,2H3/t15-/m0/s1. The highest BCUT2D eigenvalue weighted by Crippen LogP contribution is 2.34. The predicted octanol–water partition coefficient (Wildman–Crippen LogP) is 4.70. The fourth-order valence-electron chi connectivity index (χ4n) is 3.65. The van der Waals surface area contributed by atoms with Crippen molar-refractivity contribution in [1.82, 2.24) is 9.55 Å². The second kappa shape index (κ2) is 6.61. The third-order valence-corrected chi connectivity index (χ3v) is 5.36. The second-order valence-corrected chi connectivity index (χ2v) is 7.10. The minimum atomic E-state index is 0.0610. The molecule has 1 aromatic heterocycles. The number of benzene rings is 2. The number of anilines is 1. The molecule has 1 aliphatic heterocycles. The molecule has 0 radical (unpaired) electrons. The van der Waals surface area contributed by atoms with E-state index in [0.29, 0.717) is 24.5 Å². The smallest absolute Gasteiger partial charge is 0.227 e. The van der Waals surface area contributed by atoms with Gasteiger partial charge >= 0.3 is 0 Å². The number of allylic oxidation sites excluding steroid dienone is 1. The van der Waals surface area contributed by atoms with Crippen LogP contribution >= 0.6 is 11.6 Å². The van der Waals surface area contributed by atoms with Gasteiger partial charge in [-0.3, -0.25) is 4.79 Å². The van der Waals surface area contributed by atoms with Gasteiger partial charge in [-0.15, -0.1) is 6.58 Å². The Labute approximate surface area is 157 Å². The molecule has 2 heterocycles. The number of carbonyl (C=O) groups is 1. The normalized spacial score (nSPS) is 17.2. The highest BCUT2D eigenvalue weighted by atomic mass is 35.5. The first kappa shape index (κ1) is 16.9. The summed E-state index contributed by atoms with van der Waals surface area (Å²) >= 11 is 6.12. The van der Waals surface area contributed by atoms with E-state index in [1.807, 2.05) is 54.3 Å². The maximum atomic E-state index is 12.7. The predicted molar refractivity (Wildman–Crippen MR) is 106 cm³/mol. The molecule has 0 N–H and O–H groups in total. The number of rotatable bonds is 4. The molecule has 26 heavy (non-hydrogen) atoms. The number of aromatic nitrogens is 2. The molecule has 0 aliphatic carbocycles. The molecule has 4 rings (SSSR count). The Morgan fingerprint density at radius 2 is 2.12 bits per heavy atom. The zero-order valence-electron chi connectivity index (χ0n) is 14.7. The van der Waals surface area contributed by atoms with Crippen LogP contribution < -0.4 is 4.90 Å². The van der Waals surface area contributed by atoms with Crippen LogP contribution in [-0.2, 0) is 11.3 Å². The van der Waals surface area contributed by atoms with Crippen LogP contribution in [0.1, 0.15) is 23.7 Å². The molecule has 0 unspecified atom stereocenters. The van der Waals surface area contributed by atoms with Crippen LogP contribution in [0.5, 0.6) is 0 Å². The van der Waals surface area contributed by atoms with Crippen LogP contribution in [0.15, 0.2) is 55.1 Å². The summed E-state index contributed by atoms with van der Waals surface area (Å²) in [6, 6.07) is 13.8. The van der Waals surface area contributed by atoms with Gasteiger partial charge in [-0.1, -0.05) is 29.8 Å². The number of hydrogen-bond acceptors (Lipinski definition) is 2. The molecule has 0 saturated carbocycles. The number of fused-ring (bicyclic) bond motifs is 1. The first-order chi connectivity index (χ1) is 12.6. The Balaban J connectivity index is 1.70. The van der Waals surface area contributed by atoms with E-state index in [9.17, 15) is 4.79 Å². The van der Waals surface area contributed by atoms with E-state index in [0.717, 1.165) is 28.1 Å².